The highest BCUT2D eigenvalue weighted by Gasteiger charge is 2.05. The molecule has 3 amide bonds. The number of urea groups is 1. The quantitative estimate of drug-likeness (QED) is 0.728. The summed E-state index contributed by atoms with van der Waals surface area (Å²) in [4.78, 5) is 27.6. The number of aromatic nitrogens is 1. The molecule has 0 radical (unpaired) electrons. The summed E-state index contributed by atoms with van der Waals surface area (Å²) in [5.41, 5.74) is 2.26. The molecule has 126 valence electrons. The summed E-state index contributed by atoms with van der Waals surface area (Å²) in [5, 5.41) is 8.35. The van der Waals surface area contributed by atoms with Crippen LogP contribution in [-0.2, 0) is 11.3 Å². The summed E-state index contributed by atoms with van der Waals surface area (Å²) in [5.74, 6) is -0.0175. The van der Waals surface area contributed by atoms with Gasteiger partial charge < -0.3 is 16.0 Å². The molecule has 24 heavy (non-hydrogen) atoms. The lowest BCUT2D eigenvalue weighted by Crippen LogP contribution is -2.28. The van der Waals surface area contributed by atoms with Gasteiger partial charge in [0.05, 0.1) is 0 Å². The van der Waals surface area contributed by atoms with Crippen LogP contribution in [0.3, 0.4) is 0 Å². The fourth-order valence-corrected chi connectivity index (χ4v) is 2.09. The number of carbonyl (C=O) groups excluding carboxylic acids is 2. The van der Waals surface area contributed by atoms with E-state index >= 15 is 0 Å². The Kier molecular flexibility index (Phi) is 6.76. The highest BCUT2D eigenvalue weighted by Crippen LogP contribution is 2.15. The van der Waals surface area contributed by atoms with E-state index in [2.05, 4.69) is 20.9 Å². The molecule has 3 N–H and O–H groups in total. The third-order valence-electron chi connectivity index (χ3n) is 3.36. The third kappa shape index (κ3) is 6.08. The van der Waals surface area contributed by atoms with Crippen molar-refractivity contribution in [3.63, 3.8) is 0 Å². The zero-order valence-electron chi connectivity index (χ0n) is 13.7. The Hall–Kier alpha value is -2.89. The maximum atomic E-state index is 11.9. The van der Waals surface area contributed by atoms with Gasteiger partial charge in [-0.25, -0.2) is 4.79 Å². The number of nitrogens with zero attached hydrogens (tertiary/aromatic N) is 1. The average Bonchev–Trinajstić information content (AvgIpc) is 2.59. The highest BCUT2D eigenvalue weighted by molar-refractivity contribution is 5.93. The first-order valence-electron chi connectivity index (χ1n) is 8.01. The maximum absolute atomic E-state index is 11.9. The summed E-state index contributed by atoms with van der Waals surface area (Å²) in [6.07, 6.45) is 5.70. The molecule has 6 nitrogen and oxygen atoms in total. The van der Waals surface area contributed by atoms with E-state index < -0.39 is 0 Å². The van der Waals surface area contributed by atoms with Crippen LogP contribution in [0.2, 0.25) is 0 Å². The maximum Gasteiger partial charge on any atom is 0.319 e. The van der Waals surface area contributed by atoms with Crippen molar-refractivity contribution in [3.05, 3.63) is 54.4 Å². The SMILES string of the molecule is CCCCC(=O)Nc1cccc(NC(=O)NCc2ccncc2)c1. The normalized spacial score (nSPS) is 10.0. The molecule has 2 aromatic rings. The fourth-order valence-electron chi connectivity index (χ4n) is 2.09. The van der Waals surface area contributed by atoms with E-state index in [-0.39, 0.29) is 11.9 Å². The molecule has 0 spiro atoms. The van der Waals surface area contributed by atoms with Gasteiger partial charge in [-0.05, 0) is 42.3 Å². The molecule has 0 aliphatic rings. The first-order chi connectivity index (χ1) is 11.7. The molecule has 1 heterocycles. The standard InChI is InChI=1S/C18H22N4O2/c1-2-3-7-17(23)21-15-5-4-6-16(12-15)22-18(24)20-13-14-8-10-19-11-9-14/h4-6,8-12H,2-3,7,13H2,1H3,(H,21,23)(H2,20,22,24). The third-order valence-corrected chi connectivity index (χ3v) is 3.36. The van der Waals surface area contributed by atoms with Crippen LogP contribution in [0.5, 0.6) is 0 Å². The van der Waals surface area contributed by atoms with Gasteiger partial charge >= 0.3 is 6.03 Å². The van der Waals surface area contributed by atoms with Crippen LogP contribution in [0.1, 0.15) is 31.7 Å². The van der Waals surface area contributed by atoms with E-state index in [1.807, 2.05) is 19.1 Å². The molecular weight excluding hydrogens is 304 g/mol. The van der Waals surface area contributed by atoms with Crippen LogP contribution >= 0.6 is 0 Å². The molecule has 0 saturated heterocycles. The van der Waals surface area contributed by atoms with Gasteiger partial charge in [0.1, 0.15) is 0 Å². The number of benzene rings is 1. The summed E-state index contributed by atoms with van der Waals surface area (Å²) >= 11 is 0. The Labute approximate surface area is 141 Å². The summed E-state index contributed by atoms with van der Waals surface area (Å²) in [7, 11) is 0. The predicted molar refractivity (Wildman–Crippen MR) is 94.7 cm³/mol. The van der Waals surface area contributed by atoms with Crippen LogP contribution in [0, 0.1) is 0 Å². The minimum atomic E-state index is -0.304. The van der Waals surface area contributed by atoms with Crippen molar-refractivity contribution in [3.8, 4) is 0 Å². The van der Waals surface area contributed by atoms with Crippen molar-refractivity contribution >= 4 is 23.3 Å². The second-order valence-electron chi connectivity index (χ2n) is 5.40. The van der Waals surface area contributed by atoms with Crippen LogP contribution in [0.4, 0.5) is 16.2 Å². The Morgan fingerprint density at radius 2 is 1.75 bits per heavy atom. The van der Waals surface area contributed by atoms with Crippen molar-refractivity contribution in [2.75, 3.05) is 10.6 Å². The van der Waals surface area contributed by atoms with E-state index in [0.717, 1.165) is 18.4 Å². The summed E-state index contributed by atoms with van der Waals surface area (Å²) in [6, 6.07) is 10.5. The zero-order chi connectivity index (χ0) is 17.2. The number of rotatable bonds is 7. The molecule has 0 aliphatic carbocycles. The molecule has 1 aromatic carbocycles. The number of hydrogen-bond acceptors (Lipinski definition) is 3. The van der Waals surface area contributed by atoms with E-state index in [1.54, 1.807) is 36.7 Å². The van der Waals surface area contributed by atoms with Gasteiger partial charge in [-0.3, -0.25) is 9.78 Å². The Balaban J connectivity index is 1.84. The lowest BCUT2D eigenvalue weighted by atomic mass is 10.2. The summed E-state index contributed by atoms with van der Waals surface area (Å²) < 4.78 is 0. The number of unbranched alkanes of at least 4 members (excludes halogenated alkanes) is 1. The minimum absolute atomic E-state index is 0.0175. The molecule has 2 rings (SSSR count). The average molecular weight is 326 g/mol. The van der Waals surface area contributed by atoms with Crippen LogP contribution < -0.4 is 16.0 Å². The summed E-state index contributed by atoms with van der Waals surface area (Å²) in [6.45, 7) is 2.46. The van der Waals surface area contributed by atoms with E-state index in [1.165, 1.54) is 0 Å². The van der Waals surface area contributed by atoms with E-state index in [4.69, 9.17) is 0 Å². The van der Waals surface area contributed by atoms with Crippen molar-refractivity contribution in [1.82, 2.24) is 10.3 Å². The number of carbonyl (C=O) groups is 2. The fraction of sp³-hybridized carbons (Fsp3) is 0.278. The first-order valence-corrected chi connectivity index (χ1v) is 8.01. The van der Waals surface area contributed by atoms with Gasteiger partial charge in [-0.15, -0.1) is 0 Å². The van der Waals surface area contributed by atoms with E-state index in [9.17, 15) is 9.59 Å². The van der Waals surface area contributed by atoms with Gasteiger partial charge in [0, 0.05) is 36.7 Å². The molecule has 6 heteroatoms. The number of anilines is 2. The topological polar surface area (TPSA) is 83.1 Å². The lowest BCUT2D eigenvalue weighted by Gasteiger charge is -2.10. The van der Waals surface area contributed by atoms with E-state index in [0.29, 0.717) is 24.3 Å². The first kappa shape index (κ1) is 17.5. The second-order valence-corrected chi connectivity index (χ2v) is 5.40. The number of amides is 3. The van der Waals surface area contributed by atoms with Crippen LogP contribution in [0.25, 0.3) is 0 Å². The highest BCUT2D eigenvalue weighted by atomic mass is 16.2. The molecule has 0 unspecified atom stereocenters. The van der Waals surface area contributed by atoms with Crippen molar-refractivity contribution in [1.29, 1.82) is 0 Å². The Bertz CT molecular complexity index is 674. The van der Waals surface area contributed by atoms with Crippen molar-refractivity contribution in [2.24, 2.45) is 0 Å². The molecule has 0 aliphatic heterocycles. The van der Waals surface area contributed by atoms with Crippen molar-refractivity contribution in [2.45, 2.75) is 32.7 Å². The van der Waals surface area contributed by atoms with Crippen molar-refractivity contribution < 1.29 is 9.59 Å². The number of pyridine rings is 1. The van der Waals surface area contributed by atoms with Gasteiger partial charge in [0.2, 0.25) is 5.91 Å². The molecule has 0 saturated carbocycles. The molecule has 0 bridgehead atoms. The second kappa shape index (κ2) is 9.29. The number of nitrogens with one attached hydrogen (secondary N) is 3. The van der Waals surface area contributed by atoms with Gasteiger partial charge in [-0.1, -0.05) is 19.4 Å². The largest absolute Gasteiger partial charge is 0.334 e. The Morgan fingerprint density at radius 1 is 1.04 bits per heavy atom. The monoisotopic (exact) mass is 326 g/mol. The lowest BCUT2D eigenvalue weighted by molar-refractivity contribution is -0.116. The molecular formula is C18H22N4O2. The number of hydrogen-bond donors (Lipinski definition) is 3. The van der Waals surface area contributed by atoms with Crippen LogP contribution in [-0.4, -0.2) is 16.9 Å². The Morgan fingerprint density at radius 3 is 2.46 bits per heavy atom. The van der Waals surface area contributed by atoms with Crippen LogP contribution in [0.15, 0.2) is 48.8 Å². The smallest absolute Gasteiger partial charge is 0.319 e. The predicted octanol–water partition coefficient (Wildman–Crippen LogP) is 3.53. The minimum Gasteiger partial charge on any atom is -0.334 e. The van der Waals surface area contributed by atoms with Gasteiger partial charge in [0.15, 0.2) is 0 Å². The van der Waals surface area contributed by atoms with Gasteiger partial charge in [-0.2, -0.15) is 0 Å². The molecule has 0 atom stereocenters. The zero-order valence-corrected chi connectivity index (χ0v) is 13.7. The van der Waals surface area contributed by atoms with Gasteiger partial charge in [0.25, 0.3) is 0 Å². The molecule has 0 fully saturated rings. The molecule has 1 aromatic heterocycles.